The minimum absolute atomic E-state index is 0.0112. The van der Waals surface area contributed by atoms with Gasteiger partial charge in [-0.2, -0.15) is 0 Å². The number of hydrogen-bond donors (Lipinski definition) is 0. The second-order valence-corrected chi connectivity index (χ2v) is 55.1. The van der Waals surface area contributed by atoms with Crippen molar-refractivity contribution in [1.29, 1.82) is 0 Å². The Balaban J connectivity index is 1.04. The van der Waals surface area contributed by atoms with Crippen LogP contribution < -0.4 is 29.4 Å². The fourth-order valence-electron chi connectivity index (χ4n) is 26.3. The van der Waals surface area contributed by atoms with E-state index in [0.29, 0.717) is 106 Å². The Morgan fingerprint density at radius 1 is 0.184 bits per heavy atom. The maximum Gasteiger partial charge on any atom is 0.0592 e. The molecule has 616 valence electrons. The third-order valence-electron chi connectivity index (χ3n) is 32.8. The van der Waals surface area contributed by atoms with E-state index in [0.717, 1.165) is 0 Å². The van der Waals surface area contributed by atoms with E-state index in [2.05, 4.69) is 383 Å². The summed E-state index contributed by atoms with van der Waals surface area (Å²) in [6.45, 7) is 76.0. The molecule has 6 aliphatic heterocycles. The first-order chi connectivity index (χ1) is 52.9. The topological polar surface area (TPSA) is 19.4 Å². The first kappa shape index (κ1) is 81.3. The van der Waals surface area contributed by atoms with E-state index in [1.165, 1.54) is 119 Å². The molecule has 8 heteroatoms. The van der Waals surface area contributed by atoms with Crippen molar-refractivity contribution in [2.45, 2.75) is 398 Å². The van der Waals surface area contributed by atoms with Crippen LogP contribution >= 0.6 is 15.8 Å². The van der Waals surface area contributed by atoms with Crippen molar-refractivity contribution in [3.8, 4) is 0 Å². The molecule has 17 rings (SSSR count). The summed E-state index contributed by atoms with van der Waals surface area (Å²) in [5.74, 6) is 2.12. The van der Waals surface area contributed by atoms with Gasteiger partial charge in [-0.25, -0.2) is 0 Å². The lowest BCUT2D eigenvalue weighted by Gasteiger charge is -2.82. The molecule has 114 heavy (non-hydrogen) atoms. The highest BCUT2D eigenvalue weighted by atomic mass is 31.1. The van der Waals surface area contributed by atoms with Crippen LogP contribution in [0.15, 0.2) is 146 Å². The van der Waals surface area contributed by atoms with Crippen LogP contribution in [-0.4, -0.2) is 106 Å². The standard InChI is InChI=1S/C106H152N6P2/c1-97(2,3)63-31-43-73(44-32-63)107-79-55-69(103(19,20)21)59-83-91(79)113-92-80(107)56-70(104(22,23)24)60-84(92)110(76-49-37-66(38-50-76)100(10,11)12)88-90-96-89(87(95(88)113)109(83)75-47-35-65(36-48-75)99(7,8)9)111(77-51-39-67(40-52-77)101(13,14)15)85-61-71(105(25,26)27)57-81-93(85)114(96)94-82(108(81)74-45-33-64(34-46-74)98(4,5)6)58-72(106(28,29)30)62-86(94)112(90)78-53-41-68(42-54-78)102(16,17)18/h31-54,69-72,79-96H,55-62H2,1-30H3. The third-order valence-corrected chi connectivity index (χ3v) is 40.9. The number of fused-ring (bicyclic) bond motifs is 2. The molecule has 6 heterocycles. The van der Waals surface area contributed by atoms with E-state index in [1.54, 1.807) is 0 Å². The van der Waals surface area contributed by atoms with Crippen LogP contribution in [0.3, 0.4) is 0 Å². The normalized spacial score (nSPS) is 34.9. The largest absolute Gasteiger partial charge is 0.364 e. The monoisotopic (exact) mass is 1570 g/mol. The lowest BCUT2D eigenvalue weighted by atomic mass is 9.63. The predicted molar refractivity (Wildman–Crippen MR) is 496 cm³/mol. The van der Waals surface area contributed by atoms with Crippen molar-refractivity contribution in [2.75, 3.05) is 29.4 Å². The molecule has 5 saturated carbocycles. The minimum atomic E-state index is -0.712. The van der Waals surface area contributed by atoms with Gasteiger partial charge in [-0.05, 0) is 235 Å². The van der Waals surface area contributed by atoms with Crippen LogP contribution in [0, 0.1) is 45.3 Å². The van der Waals surface area contributed by atoms with Crippen LogP contribution in [0.5, 0.6) is 0 Å². The van der Waals surface area contributed by atoms with Gasteiger partial charge in [-0.1, -0.05) is 296 Å². The lowest BCUT2D eigenvalue weighted by molar-refractivity contribution is 0.0711. The Morgan fingerprint density at radius 3 is 0.447 bits per heavy atom. The fraction of sp³-hybridized carbons (Fsp3) is 0.660. The zero-order chi connectivity index (χ0) is 81.9. The molecule has 6 nitrogen and oxygen atoms in total. The molecule has 0 radical (unpaired) electrons. The molecule has 0 amide bonds. The summed E-state index contributed by atoms with van der Waals surface area (Å²) < 4.78 is 0. The number of nitrogens with zero attached hydrogens (tertiary/aromatic N) is 6. The molecule has 11 fully saturated rings. The van der Waals surface area contributed by atoms with Gasteiger partial charge in [0.1, 0.15) is 0 Å². The SMILES string of the molecule is CC(C)(C)c1ccc(N2C3CC(C(C)(C)C)CC4C3P3C5C2CC(C(C)(C)C)CC5N(c2ccc(C(C)(C)C)cc2)C2C5C6C(C(C23)N4c2ccc(C(C)(C)C)cc2)N(c2ccc(C(C)(C)C)cc2)C2CC(C(C)(C)C)CC3C2P6C2C(CC(C(C)(C)C)CC2N5c2ccc(C(C)(C)C)cc2)N3c2ccc(C(C)(C)C)cc2)cc1. The summed E-state index contributed by atoms with van der Waals surface area (Å²) in [5.41, 5.74) is 21.0. The Morgan fingerprint density at radius 2 is 0.316 bits per heavy atom. The summed E-state index contributed by atoms with van der Waals surface area (Å²) in [4.78, 5) is 20.4. The summed E-state index contributed by atoms with van der Waals surface area (Å²) in [7, 11) is -1.42. The third kappa shape index (κ3) is 13.4. The van der Waals surface area contributed by atoms with E-state index in [1.807, 2.05) is 0 Å². The Hall–Kier alpha value is -5.02. The van der Waals surface area contributed by atoms with Crippen molar-refractivity contribution in [1.82, 2.24) is 0 Å². The Bertz CT molecular complexity index is 3950. The zero-order valence-electron chi connectivity index (χ0n) is 76.8. The van der Waals surface area contributed by atoms with Gasteiger partial charge in [-0.15, -0.1) is 0 Å². The summed E-state index contributed by atoms with van der Waals surface area (Å²) >= 11 is 0. The van der Waals surface area contributed by atoms with Crippen LogP contribution in [0.25, 0.3) is 0 Å². The maximum absolute atomic E-state index is 3.45. The highest BCUT2D eigenvalue weighted by Crippen LogP contribution is 2.81. The van der Waals surface area contributed by atoms with Crippen molar-refractivity contribution in [3.05, 3.63) is 179 Å². The van der Waals surface area contributed by atoms with Gasteiger partial charge in [0.15, 0.2) is 0 Å². The summed E-state index contributed by atoms with van der Waals surface area (Å²) in [6, 6.07) is 67.9. The smallest absolute Gasteiger partial charge is 0.0592 e. The van der Waals surface area contributed by atoms with Gasteiger partial charge in [0.05, 0.1) is 24.2 Å². The highest BCUT2D eigenvalue weighted by molar-refractivity contribution is 7.61. The first-order valence-corrected chi connectivity index (χ1v) is 48.9. The van der Waals surface area contributed by atoms with Crippen molar-refractivity contribution in [3.63, 3.8) is 0 Å². The molecule has 6 saturated heterocycles. The summed E-state index contributed by atoms with van der Waals surface area (Å²) in [5, 5.41) is 0. The minimum Gasteiger partial charge on any atom is -0.364 e. The fourth-order valence-corrected chi connectivity index (χ4v) is 36.7. The van der Waals surface area contributed by atoms with Gasteiger partial charge in [0.2, 0.25) is 0 Å². The molecule has 20 unspecified atom stereocenters. The molecule has 20 atom stereocenters. The number of rotatable bonds is 6. The number of hydrogen-bond acceptors (Lipinski definition) is 6. The average molecular weight is 1570 g/mol. The van der Waals surface area contributed by atoms with Gasteiger partial charge in [0.25, 0.3) is 0 Å². The molecule has 11 aliphatic rings. The van der Waals surface area contributed by atoms with Gasteiger partial charge < -0.3 is 29.4 Å². The van der Waals surface area contributed by atoms with E-state index >= 15 is 0 Å². The van der Waals surface area contributed by atoms with Gasteiger partial charge in [-0.3, -0.25) is 0 Å². The number of benzene rings is 6. The lowest BCUT2D eigenvalue weighted by Crippen LogP contribution is -2.91. The molecule has 0 N–H and O–H groups in total. The van der Waals surface area contributed by atoms with Crippen LogP contribution in [0.4, 0.5) is 34.1 Å². The van der Waals surface area contributed by atoms with Crippen LogP contribution in [-0.2, 0) is 32.5 Å². The quantitative estimate of drug-likeness (QED) is 0.154. The molecule has 5 aliphatic carbocycles. The second kappa shape index (κ2) is 27.2. The van der Waals surface area contributed by atoms with E-state index in [4.69, 9.17) is 0 Å². The van der Waals surface area contributed by atoms with Crippen molar-refractivity contribution in [2.24, 2.45) is 45.3 Å². The molecule has 0 bridgehead atoms. The molecule has 0 spiro atoms. The van der Waals surface area contributed by atoms with Crippen molar-refractivity contribution >= 4 is 50.0 Å². The zero-order valence-corrected chi connectivity index (χ0v) is 78.6. The Labute approximate surface area is 697 Å². The molecular weight excluding hydrogens is 1420 g/mol. The van der Waals surface area contributed by atoms with Gasteiger partial charge >= 0.3 is 0 Å². The van der Waals surface area contributed by atoms with Crippen LogP contribution in [0.2, 0.25) is 0 Å². The van der Waals surface area contributed by atoms with Crippen LogP contribution in [0.1, 0.15) is 292 Å². The van der Waals surface area contributed by atoms with E-state index < -0.39 is 15.8 Å². The molecule has 0 aromatic heterocycles. The average Bonchev–Trinajstić information content (AvgIpc) is 0.645. The summed E-state index contributed by atoms with van der Waals surface area (Å²) in [6.07, 6.45) is 9.98. The number of anilines is 6. The van der Waals surface area contributed by atoms with E-state index in [-0.39, 0.29) is 78.3 Å². The molecular formula is C106H152N6P2. The van der Waals surface area contributed by atoms with Gasteiger partial charge in [0, 0.05) is 116 Å². The Kier molecular flexibility index (Phi) is 19.4. The molecule has 6 aromatic rings. The second-order valence-electron chi connectivity index (χ2n) is 49.7. The van der Waals surface area contributed by atoms with Crippen molar-refractivity contribution < 1.29 is 0 Å². The predicted octanol–water partition coefficient (Wildman–Crippen LogP) is 26.3. The highest BCUT2D eigenvalue weighted by Gasteiger charge is 2.79. The first-order valence-electron chi connectivity index (χ1n) is 45.8. The maximum atomic E-state index is 3.45. The van der Waals surface area contributed by atoms with E-state index in [9.17, 15) is 0 Å². The molecule has 6 aromatic carbocycles.